The van der Waals surface area contributed by atoms with E-state index in [0.717, 1.165) is 31.8 Å². The van der Waals surface area contributed by atoms with Crippen LogP contribution in [0.5, 0.6) is 0 Å². The number of hydrogen-bond donors (Lipinski definition) is 1. The number of ether oxygens (including phenoxy) is 1. The first kappa shape index (κ1) is 12.1. The van der Waals surface area contributed by atoms with Crippen LogP contribution in [0.15, 0.2) is 6.33 Å². The molecule has 3 rings (SSSR count). The van der Waals surface area contributed by atoms with Crippen LogP contribution >= 0.6 is 0 Å². The normalized spacial score (nSPS) is 26.8. The van der Waals surface area contributed by atoms with Crippen LogP contribution in [0, 0.1) is 0 Å². The second-order valence-electron chi connectivity index (χ2n) is 5.54. The molecule has 0 aromatic carbocycles. The summed E-state index contributed by atoms with van der Waals surface area (Å²) in [5.74, 6) is 1.04. The van der Waals surface area contributed by atoms with Crippen molar-refractivity contribution in [3.63, 3.8) is 0 Å². The van der Waals surface area contributed by atoms with Gasteiger partial charge in [-0.25, -0.2) is 9.67 Å². The van der Waals surface area contributed by atoms with Crippen LogP contribution in [0.1, 0.15) is 50.4 Å². The third-order valence-corrected chi connectivity index (χ3v) is 4.31. The molecule has 0 amide bonds. The molecule has 1 saturated heterocycles. The predicted molar refractivity (Wildman–Crippen MR) is 68.2 cm³/mol. The van der Waals surface area contributed by atoms with E-state index in [1.807, 2.05) is 7.05 Å². The van der Waals surface area contributed by atoms with Crippen molar-refractivity contribution in [2.24, 2.45) is 0 Å². The summed E-state index contributed by atoms with van der Waals surface area (Å²) in [5, 5.41) is 7.58. The van der Waals surface area contributed by atoms with Gasteiger partial charge in [0.15, 0.2) is 0 Å². The average molecular weight is 250 g/mol. The third kappa shape index (κ3) is 2.17. The fourth-order valence-electron chi connectivity index (χ4n) is 3.44. The lowest BCUT2D eigenvalue weighted by molar-refractivity contribution is -0.0913. The molecule has 1 N–H and O–H groups in total. The van der Waals surface area contributed by atoms with Gasteiger partial charge in [0.1, 0.15) is 12.2 Å². The van der Waals surface area contributed by atoms with E-state index in [4.69, 9.17) is 4.74 Å². The summed E-state index contributed by atoms with van der Waals surface area (Å²) in [6, 6.07) is 0.461. The molecule has 2 fully saturated rings. The van der Waals surface area contributed by atoms with E-state index in [0.29, 0.717) is 6.04 Å². The van der Waals surface area contributed by atoms with Crippen LogP contribution in [0.4, 0.5) is 0 Å². The average Bonchev–Trinajstić information content (AvgIpc) is 3.00. The monoisotopic (exact) mass is 250 g/mol. The molecule has 1 saturated carbocycles. The second-order valence-corrected chi connectivity index (χ2v) is 5.54. The first-order chi connectivity index (χ1) is 8.83. The van der Waals surface area contributed by atoms with Gasteiger partial charge in [-0.2, -0.15) is 5.10 Å². The van der Waals surface area contributed by atoms with Crippen molar-refractivity contribution in [2.45, 2.75) is 56.7 Å². The fraction of sp³-hybridized carbons (Fsp3) is 0.846. The van der Waals surface area contributed by atoms with Crippen molar-refractivity contribution >= 4 is 0 Å². The van der Waals surface area contributed by atoms with Crippen LogP contribution in [0.2, 0.25) is 0 Å². The molecule has 1 aliphatic carbocycles. The lowest BCUT2D eigenvalue weighted by Crippen LogP contribution is -2.39. The molecule has 5 heteroatoms. The van der Waals surface area contributed by atoms with Crippen molar-refractivity contribution in [3.8, 4) is 0 Å². The lowest BCUT2D eigenvalue weighted by atomic mass is 9.89. The summed E-state index contributed by atoms with van der Waals surface area (Å²) in [4.78, 5) is 4.34. The number of aromatic nitrogens is 3. The third-order valence-electron chi connectivity index (χ3n) is 4.31. The number of hydrogen-bond acceptors (Lipinski definition) is 4. The maximum absolute atomic E-state index is 6.08. The molecule has 1 aromatic rings. The highest BCUT2D eigenvalue weighted by Gasteiger charge is 2.41. The quantitative estimate of drug-likeness (QED) is 0.886. The molecule has 1 spiro atoms. The molecule has 18 heavy (non-hydrogen) atoms. The summed E-state index contributed by atoms with van der Waals surface area (Å²) in [5.41, 5.74) is 0.145. The van der Waals surface area contributed by atoms with Crippen molar-refractivity contribution < 1.29 is 4.74 Å². The molecule has 0 bridgehead atoms. The molecular formula is C13H22N4O. The van der Waals surface area contributed by atoms with Crippen molar-refractivity contribution in [2.75, 3.05) is 13.7 Å². The Balaban J connectivity index is 1.77. The molecule has 1 unspecified atom stereocenters. The molecule has 1 aromatic heterocycles. The maximum atomic E-state index is 6.08. The number of nitrogens with zero attached hydrogens (tertiary/aromatic N) is 3. The van der Waals surface area contributed by atoms with Crippen LogP contribution in [0.25, 0.3) is 0 Å². The molecule has 1 atom stereocenters. The van der Waals surface area contributed by atoms with E-state index in [9.17, 15) is 0 Å². The van der Waals surface area contributed by atoms with Gasteiger partial charge in [-0.3, -0.25) is 0 Å². The Hall–Kier alpha value is -0.940. The van der Waals surface area contributed by atoms with Crippen molar-refractivity contribution in [1.29, 1.82) is 0 Å². The van der Waals surface area contributed by atoms with Gasteiger partial charge in [-0.1, -0.05) is 12.8 Å². The zero-order valence-corrected chi connectivity index (χ0v) is 11.1. The highest BCUT2D eigenvalue weighted by molar-refractivity contribution is 4.96. The van der Waals surface area contributed by atoms with Gasteiger partial charge in [0.05, 0.1) is 18.2 Å². The molecule has 1 aliphatic heterocycles. The summed E-state index contributed by atoms with van der Waals surface area (Å²) in [7, 11) is 1.95. The van der Waals surface area contributed by atoms with Gasteiger partial charge in [0.2, 0.25) is 0 Å². The molecule has 100 valence electrons. The van der Waals surface area contributed by atoms with E-state index in [2.05, 4.69) is 20.1 Å². The Bertz CT molecular complexity index is 397. The van der Waals surface area contributed by atoms with Crippen LogP contribution in [-0.2, 0) is 11.3 Å². The smallest absolute Gasteiger partial charge is 0.141 e. The summed E-state index contributed by atoms with van der Waals surface area (Å²) in [6.07, 6.45) is 8.90. The maximum Gasteiger partial charge on any atom is 0.141 e. The molecule has 2 heterocycles. The highest BCUT2D eigenvalue weighted by Crippen LogP contribution is 2.43. The van der Waals surface area contributed by atoms with E-state index in [-0.39, 0.29) is 5.60 Å². The molecular weight excluding hydrogens is 228 g/mol. The molecule has 0 radical (unpaired) electrons. The van der Waals surface area contributed by atoms with Gasteiger partial charge in [0.25, 0.3) is 0 Å². The Morgan fingerprint density at radius 2 is 2.33 bits per heavy atom. The number of nitrogens with one attached hydrogen (secondary N) is 1. The van der Waals surface area contributed by atoms with Gasteiger partial charge in [-0.05, 0) is 32.7 Å². The SMILES string of the molecule is CNCc1ncnn1C1CCOC2(CCCC2)C1. The summed E-state index contributed by atoms with van der Waals surface area (Å²) in [6.45, 7) is 1.65. The lowest BCUT2D eigenvalue weighted by Gasteiger charge is -2.38. The minimum atomic E-state index is 0.145. The Morgan fingerprint density at radius 3 is 3.11 bits per heavy atom. The van der Waals surface area contributed by atoms with Crippen LogP contribution < -0.4 is 5.32 Å². The highest BCUT2D eigenvalue weighted by atomic mass is 16.5. The van der Waals surface area contributed by atoms with Gasteiger partial charge < -0.3 is 10.1 Å². The standard InChI is InChI=1S/C13H22N4O/c1-14-9-12-15-10-16-17(12)11-4-7-18-13(8-11)5-2-3-6-13/h10-11,14H,2-9H2,1H3. The zero-order valence-electron chi connectivity index (χ0n) is 11.1. The molecule has 5 nitrogen and oxygen atoms in total. The van der Waals surface area contributed by atoms with E-state index in [1.54, 1.807) is 6.33 Å². The first-order valence-corrected chi connectivity index (χ1v) is 7.00. The van der Waals surface area contributed by atoms with Crippen molar-refractivity contribution in [1.82, 2.24) is 20.1 Å². The Labute approximate surface area is 108 Å². The van der Waals surface area contributed by atoms with Gasteiger partial charge >= 0.3 is 0 Å². The van der Waals surface area contributed by atoms with Crippen molar-refractivity contribution in [3.05, 3.63) is 12.2 Å². The topological polar surface area (TPSA) is 52.0 Å². The van der Waals surface area contributed by atoms with Gasteiger partial charge in [0, 0.05) is 6.61 Å². The number of rotatable bonds is 3. The van der Waals surface area contributed by atoms with E-state index < -0.39 is 0 Å². The minimum Gasteiger partial charge on any atom is -0.375 e. The van der Waals surface area contributed by atoms with E-state index >= 15 is 0 Å². The van der Waals surface area contributed by atoms with Crippen LogP contribution in [-0.4, -0.2) is 34.0 Å². The summed E-state index contributed by atoms with van der Waals surface area (Å²) >= 11 is 0. The molecule has 2 aliphatic rings. The fourth-order valence-corrected chi connectivity index (χ4v) is 3.44. The summed E-state index contributed by atoms with van der Waals surface area (Å²) < 4.78 is 8.19. The Morgan fingerprint density at radius 1 is 1.50 bits per heavy atom. The Kier molecular flexibility index (Phi) is 3.35. The predicted octanol–water partition coefficient (Wildman–Crippen LogP) is 1.66. The first-order valence-electron chi connectivity index (χ1n) is 7.00. The largest absolute Gasteiger partial charge is 0.375 e. The minimum absolute atomic E-state index is 0.145. The second kappa shape index (κ2) is 4.97. The van der Waals surface area contributed by atoms with Crippen LogP contribution in [0.3, 0.4) is 0 Å². The van der Waals surface area contributed by atoms with Gasteiger partial charge in [-0.15, -0.1) is 0 Å². The van der Waals surface area contributed by atoms with E-state index in [1.165, 1.54) is 25.7 Å². The zero-order chi connectivity index (χ0) is 12.4.